The van der Waals surface area contributed by atoms with Gasteiger partial charge in [-0.1, -0.05) is 11.3 Å². The van der Waals surface area contributed by atoms with Crippen LogP contribution in [-0.2, 0) is 0 Å². The molecule has 18 heavy (non-hydrogen) atoms. The smallest absolute Gasteiger partial charge is 0.338 e. The summed E-state index contributed by atoms with van der Waals surface area (Å²) < 4.78 is 0.701. The van der Waals surface area contributed by atoms with E-state index in [1.165, 1.54) is 23.1 Å². The second-order valence-electron chi connectivity index (χ2n) is 3.75. The van der Waals surface area contributed by atoms with Crippen molar-refractivity contribution < 1.29 is 9.90 Å². The molecular weight excluding hydrogens is 270 g/mol. The number of hydrogen-bond donors (Lipinski definition) is 1. The number of carbonyl (C=O) groups is 1. The molecule has 0 saturated carbocycles. The topological polar surface area (TPSA) is 76.0 Å². The van der Waals surface area contributed by atoms with Gasteiger partial charge in [0.2, 0.25) is 0 Å². The largest absolute Gasteiger partial charge is 0.478 e. The third-order valence-corrected chi connectivity index (χ3v) is 4.10. The molecule has 94 valence electrons. The Morgan fingerprint density at radius 3 is 2.61 bits per heavy atom. The first-order valence-electron chi connectivity index (χ1n) is 5.17. The Hall–Kier alpha value is -1.47. The average molecular weight is 281 g/mol. The number of aryl methyl sites for hydroxylation is 3. The van der Waals surface area contributed by atoms with Crippen LogP contribution in [0, 0.1) is 20.8 Å². The molecule has 2 heterocycles. The first-order chi connectivity index (χ1) is 8.47. The third-order valence-electron chi connectivity index (χ3n) is 2.22. The minimum atomic E-state index is -0.969. The standard InChI is InChI=1S/C11H11N3O2S2/c1-5-4-6(2)12-9(8(5)10(15)16)18-11-14-13-7(3)17-11/h4H,1-3H3,(H,15,16). The van der Waals surface area contributed by atoms with Gasteiger partial charge in [-0.15, -0.1) is 10.2 Å². The van der Waals surface area contributed by atoms with E-state index in [0.29, 0.717) is 14.9 Å². The zero-order valence-corrected chi connectivity index (χ0v) is 11.7. The Balaban J connectivity index is 2.45. The highest BCUT2D eigenvalue weighted by Crippen LogP contribution is 2.32. The number of nitrogens with zero attached hydrogens (tertiary/aromatic N) is 3. The number of carboxylic acids is 1. The van der Waals surface area contributed by atoms with Gasteiger partial charge >= 0.3 is 5.97 Å². The lowest BCUT2D eigenvalue weighted by molar-refractivity contribution is 0.0691. The van der Waals surface area contributed by atoms with Gasteiger partial charge in [-0.05, 0) is 44.2 Å². The molecule has 0 saturated heterocycles. The molecule has 0 aliphatic carbocycles. The summed E-state index contributed by atoms with van der Waals surface area (Å²) in [6.07, 6.45) is 0. The van der Waals surface area contributed by atoms with Crippen molar-refractivity contribution in [1.82, 2.24) is 15.2 Å². The zero-order valence-electron chi connectivity index (χ0n) is 10.1. The van der Waals surface area contributed by atoms with Crippen molar-refractivity contribution in [2.24, 2.45) is 0 Å². The predicted octanol–water partition coefficient (Wildman–Crippen LogP) is 2.71. The fourth-order valence-corrected chi connectivity index (χ4v) is 3.51. The van der Waals surface area contributed by atoms with Crippen molar-refractivity contribution in [3.05, 3.63) is 27.9 Å². The Bertz CT molecular complexity index is 610. The molecule has 0 amide bonds. The van der Waals surface area contributed by atoms with Crippen LogP contribution in [0.15, 0.2) is 15.4 Å². The fourth-order valence-electron chi connectivity index (χ4n) is 1.54. The molecule has 0 atom stereocenters. The molecular formula is C11H11N3O2S2. The van der Waals surface area contributed by atoms with Crippen molar-refractivity contribution in [2.75, 3.05) is 0 Å². The number of pyridine rings is 1. The van der Waals surface area contributed by atoms with Crippen LogP contribution in [0.1, 0.15) is 26.6 Å². The molecule has 7 heteroatoms. The van der Waals surface area contributed by atoms with Crippen LogP contribution in [-0.4, -0.2) is 26.3 Å². The van der Waals surface area contributed by atoms with E-state index in [1.54, 1.807) is 13.0 Å². The van der Waals surface area contributed by atoms with Crippen LogP contribution in [0.5, 0.6) is 0 Å². The summed E-state index contributed by atoms with van der Waals surface area (Å²) in [7, 11) is 0. The molecule has 0 radical (unpaired) electrons. The van der Waals surface area contributed by atoms with E-state index in [-0.39, 0.29) is 5.56 Å². The Labute approximate surface area is 112 Å². The maximum absolute atomic E-state index is 11.3. The number of hydrogen-bond acceptors (Lipinski definition) is 6. The predicted molar refractivity (Wildman–Crippen MR) is 69.4 cm³/mol. The molecule has 0 spiro atoms. The minimum Gasteiger partial charge on any atom is -0.478 e. The van der Waals surface area contributed by atoms with Crippen molar-refractivity contribution in [3.8, 4) is 0 Å². The van der Waals surface area contributed by atoms with Gasteiger partial charge in [0.05, 0.1) is 5.56 Å². The zero-order chi connectivity index (χ0) is 13.3. The van der Waals surface area contributed by atoms with Crippen LogP contribution in [0.25, 0.3) is 0 Å². The van der Waals surface area contributed by atoms with E-state index in [4.69, 9.17) is 0 Å². The monoisotopic (exact) mass is 281 g/mol. The highest BCUT2D eigenvalue weighted by molar-refractivity contribution is 8.01. The maximum Gasteiger partial charge on any atom is 0.338 e. The molecule has 0 fully saturated rings. The van der Waals surface area contributed by atoms with Crippen molar-refractivity contribution >= 4 is 29.1 Å². The van der Waals surface area contributed by atoms with Gasteiger partial charge in [0.15, 0.2) is 4.34 Å². The minimum absolute atomic E-state index is 0.235. The molecule has 2 rings (SSSR count). The van der Waals surface area contributed by atoms with Crippen LogP contribution < -0.4 is 0 Å². The Morgan fingerprint density at radius 1 is 1.33 bits per heavy atom. The van der Waals surface area contributed by atoms with E-state index in [9.17, 15) is 9.90 Å². The third kappa shape index (κ3) is 2.68. The second kappa shape index (κ2) is 5.03. The van der Waals surface area contributed by atoms with Crippen LogP contribution >= 0.6 is 23.1 Å². The van der Waals surface area contributed by atoms with E-state index in [2.05, 4.69) is 15.2 Å². The Kier molecular flexibility index (Phi) is 3.63. The first kappa shape index (κ1) is 13.0. The summed E-state index contributed by atoms with van der Waals surface area (Å²) in [6.45, 7) is 5.47. The molecule has 2 aromatic rings. The number of carboxylic acid groups (broad SMARTS) is 1. The normalized spacial score (nSPS) is 10.6. The lowest BCUT2D eigenvalue weighted by Gasteiger charge is -2.07. The summed E-state index contributed by atoms with van der Waals surface area (Å²) in [4.78, 5) is 15.5. The molecule has 0 aromatic carbocycles. The van der Waals surface area contributed by atoms with Gasteiger partial charge in [-0.25, -0.2) is 9.78 Å². The first-order valence-corrected chi connectivity index (χ1v) is 6.80. The lowest BCUT2D eigenvalue weighted by Crippen LogP contribution is -2.05. The number of rotatable bonds is 3. The van der Waals surface area contributed by atoms with E-state index in [0.717, 1.165) is 10.7 Å². The van der Waals surface area contributed by atoms with Crippen LogP contribution in [0.4, 0.5) is 0 Å². The maximum atomic E-state index is 11.3. The fraction of sp³-hybridized carbons (Fsp3) is 0.273. The number of aromatic nitrogens is 3. The van der Waals surface area contributed by atoms with E-state index in [1.807, 2.05) is 13.8 Å². The van der Waals surface area contributed by atoms with Crippen molar-refractivity contribution in [2.45, 2.75) is 30.1 Å². The van der Waals surface area contributed by atoms with Crippen molar-refractivity contribution in [3.63, 3.8) is 0 Å². The van der Waals surface area contributed by atoms with Gasteiger partial charge in [0.25, 0.3) is 0 Å². The van der Waals surface area contributed by atoms with E-state index < -0.39 is 5.97 Å². The summed E-state index contributed by atoms with van der Waals surface area (Å²) in [5.74, 6) is -0.969. The van der Waals surface area contributed by atoms with Gasteiger partial charge in [-0.3, -0.25) is 0 Å². The quantitative estimate of drug-likeness (QED) is 0.932. The van der Waals surface area contributed by atoms with E-state index >= 15 is 0 Å². The van der Waals surface area contributed by atoms with Gasteiger partial charge in [0.1, 0.15) is 10.0 Å². The second-order valence-corrected chi connectivity index (χ2v) is 6.17. The van der Waals surface area contributed by atoms with Gasteiger partial charge in [-0.2, -0.15) is 0 Å². The highest BCUT2D eigenvalue weighted by atomic mass is 32.2. The van der Waals surface area contributed by atoms with Crippen molar-refractivity contribution in [1.29, 1.82) is 0 Å². The van der Waals surface area contributed by atoms with Gasteiger partial charge in [0, 0.05) is 5.69 Å². The summed E-state index contributed by atoms with van der Waals surface area (Å²) in [5, 5.41) is 18.4. The highest BCUT2D eigenvalue weighted by Gasteiger charge is 2.18. The summed E-state index contributed by atoms with van der Waals surface area (Å²) in [5.41, 5.74) is 1.73. The number of aromatic carboxylic acids is 1. The average Bonchev–Trinajstić information content (AvgIpc) is 2.62. The van der Waals surface area contributed by atoms with Crippen LogP contribution in [0.2, 0.25) is 0 Å². The molecule has 0 bridgehead atoms. The molecule has 0 unspecified atom stereocenters. The molecule has 1 N–H and O–H groups in total. The summed E-state index contributed by atoms with van der Waals surface area (Å²) >= 11 is 2.67. The summed E-state index contributed by atoms with van der Waals surface area (Å²) in [6, 6.07) is 1.76. The Morgan fingerprint density at radius 2 is 2.06 bits per heavy atom. The van der Waals surface area contributed by atoms with Gasteiger partial charge < -0.3 is 5.11 Å². The molecule has 5 nitrogen and oxygen atoms in total. The van der Waals surface area contributed by atoms with Crippen LogP contribution in [0.3, 0.4) is 0 Å². The SMILES string of the molecule is Cc1cc(C)c(C(=O)O)c(Sc2nnc(C)s2)n1. The lowest BCUT2D eigenvalue weighted by atomic mass is 10.1. The molecule has 0 aliphatic rings. The molecule has 2 aromatic heterocycles. The molecule has 0 aliphatic heterocycles.